The predicted octanol–water partition coefficient (Wildman–Crippen LogP) is 2.82. The number of carbonyl (C=O) groups is 2. The lowest BCUT2D eigenvalue weighted by molar-refractivity contribution is -0.385. The first kappa shape index (κ1) is 22.4. The van der Waals surface area contributed by atoms with Gasteiger partial charge < -0.3 is 15.5 Å². The van der Waals surface area contributed by atoms with E-state index in [1.807, 2.05) is 4.90 Å². The number of piperidine rings is 1. The Hall–Kier alpha value is -3.76. The number of amides is 2. The maximum Gasteiger partial charge on any atom is 0.274 e. The average molecular weight is 454 g/mol. The van der Waals surface area contributed by atoms with Gasteiger partial charge in [0.25, 0.3) is 11.2 Å². The van der Waals surface area contributed by atoms with Crippen LogP contribution < -0.4 is 21.1 Å². The Labute approximate surface area is 189 Å². The molecule has 174 valence electrons. The van der Waals surface area contributed by atoms with Gasteiger partial charge in [0.1, 0.15) is 5.82 Å². The van der Waals surface area contributed by atoms with Gasteiger partial charge in [0.15, 0.2) is 0 Å². The third kappa shape index (κ3) is 4.43. The normalized spacial score (nSPS) is 20.1. The second-order valence-corrected chi connectivity index (χ2v) is 8.46. The maximum absolute atomic E-state index is 13.0. The van der Waals surface area contributed by atoms with Crippen LogP contribution in [-0.2, 0) is 9.59 Å². The number of hydrogen-bond acceptors (Lipinski definition) is 7. The van der Waals surface area contributed by atoms with Gasteiger partial charge in [-0.15, -0.1) is 0 Å². The summed E-state index contributed by atoms with van der Waals surface area (Å²) in [4.78, 5) is 58.4. The Bertz CT molecular complexity index is 1180. The number of carbonyl (C=O) groups excluding carboxylic acids is 2. The Morgan fingerprint density at radius 1 is 1.33 bits per heavy atom. The Kier molecular flexibility index (Phi) is 6.12. The van der Waals surface area contributed by atoms with E-state index in [4.69, 9.17) is 0 Å². The highest BCUT2D eigenvalue weighted by molar-refractivity contribution is 6.04. The summed E-state index contributed by atoms with van der Waals surface area (Å²) in [6.45, 7) is 4.43. The molecular formula is C22H26N6O5. The number of aromatic amines is 1. The maximum atomic E-state index is 13.0. The number of benzene rings is 1. The van der Waals surface area contributed by atoms with E-state index in [0.717, 1.165) is 32.2 Å². The number of hydrogen-bond donors (Lipinski definition) is 3. The highest BCUT2D eigenvalue weighted by atomic mass is 16.6. The molecule has 1 fully saturated rings. The first-order chi connectivity index (χ1) is 15.8. The minimum absolute atomic E-state index is 0.0838. The fourth-order valence-electron chi connectivity index (χ4n) is 4.54. The molecule has 0 bridgehead atoms. The Balaban J connectivity index is 1.65. The van der Waals surface area contributed by atoms with Crippen molar-refractivity contribution in [2.45, 2.75) is 57.9 Å². The van der Waals surface area contributed by atoms with Gasteiger partial charge in [-0.25, -0.2) is 0 Å². The molecule has 3 N–H and O–H groups in total. The van der Waals surface area contributed by atoms with Crippen LogP contribution in [0.3, 0.4) is 0 Å². The van der Waals surface area contributed by atoms with Gasteiger partial charge in [-0.3, -0.25) is 29.5 Å². The van der Waals surface area contributed by atoms with E-state index in [9.17, 15) is 24.5 Å². The lowest BCUT2D eigenvalue weighted by Crippen LogP contribution is -2.43. The third-order valence-corrected chi connectivity index (χ3v) is 6.30. The topological polar surface area (TPSA) is 150 Å². The van der Waals surface area contributed by atoms with Gasteiger partial charge >= 0.3 is 0 Å². The summed E-state index contributed by atoms with van der Waals surface area (Å²) < 4.78 is 0. The van der Waals surface area contributed by atoms with Crippen molar-refractivity contribution in [3.05, 3.63) is 49.8 Å². The first-order valence-corrected chi connectivity index (χ1v) is 11.0. The van der Waals surface area contributed by atoms with Gasteiger partial charge in [0.05, 0.1) is 16.4 Å². The molecule has 0 saturated carbocycles. The summed E-state index contributed by atoms with van der Waals surface area (Å²) >= 11 is 0. The zero-order valence-electron chi connectivity index (χ0n) is 18.5. The molecule has 1 aromatic carbocycles. The number of H-pyrrole nitrogens is 1. The highest BCUT2D eigenvalue weighted by Gasteiger charge is 2.36. The van der Waals surface area contributed by atoms with E-state index < -0.39 is 28.2 Å². The number of fused-ring (bicyclic) bond motifs is 1. The van der Waals surface area contributed by atoms with Crippen molar-refractivity contribution in [2.75, 3.05) is 22.1 Å². The van der Waals surface area contributed by atoms with Crippen molar-refractivity contribution in [2.24, 2.45) is 0 Å². The van der Waals surface area contributed by atoms with Crippen LogP contribution in [0.15, 0.2) is 23.0 Å². The molecule has 2 aliphatic heterocycles. The van der Waals surface area contributed by atoms with Gasteiger partial charge in [-0.2, -0.15) is 4.98 Å². The van der Waals surface area contributed by atoms with Crippen LogP contribution >= 0.6 is 0 Å². The van der Waals surface area contributed by atoms with Crippen molar-refractivity contribution < 1.29 is 14.5 Å². The molecule has 1 saturated heterocycles. The molecule has 0 aliphatic carbocycles. The minimum Gasteiger partial charge on any atom is -0.339 e. The quantitative estimate of drug-likeness (QED) is 0.464. The van der Waals surface area contributed by atoms with Gasteiger partial charge in [-0.1, -0.05) is 13.0 Å². The molecule has 33 heavy (non-hydrogen) atoms. The van der Waals surface area contributed by atoms with E-state index in [1.54, 1.807) is 6.92 Å². The molecule has 0 radical (unpaired) electrons. The largest absolute Gasteiger partial charge is 0.339 e. The van der Waals surface area contributed by atoms with Crippen LogP contribution in [0.2, 0.25) is 0 Å². The molecule has 3 heterocycles. The number of aryl methyl sites for hydroxylation is 1. The SMILES string of the molecule is CC[C@H]1CCCCN1c1nc2c(c(=O)[nH]1)[C@@H](C(=O)Nc1ccc(C)c([N+](=O)[O-])c1)CC(=O)N2. The molecule has 2 amide bonds. The van der Waals surface area contributed by atoms with Crippen molar-refractivity contribution in [3.63, 3.8) is 0 Å². The molecule has 2 aromatic rings. The molecule has 1 aromatic heterocycles. The smallest absolute Gasteiger partial charge is 0.274 e. The lowest BCUT2D eigenvalue weighted by Gasteiger charge is -2.36. The van der Waals surface area contributed by atoms with Gasteiger partial charge in [0.2, 0.25) is 17.8 Å². The molecule has 2 aliphatic rings. The van der Waals surface area contributed by atoms with Crippen molar-refractivity contribution in [1.82, 2.24) is 9.97 Å². The second-order valence-electron chi connectivity index (χ2n) is 8.46. The van der Waals surface area contributed by atoms with E-state index in [-0.39, 0.29) is 35.2 Å². The molecule has 2 atom stereocenters. The molecule has 11 nitrogen and oxygen atoms in total. The predicted molar refractivity (Wildman–Crippen MR) is 123 cm³/mol. The molecular weight excluding hydrogens is 428 g/mol. The molecule has 0 spiro atoms. The van der Waals surface area contributed by atoms with Crippen LogP contribution in [0.25, 0.3) is 0 Å². The van der Waals surface area contributed by atoms with Crippen molar-refractivity contribution in [1.29, 1.82) is 0 Å². The number of aromatic nitrogens is 2. The number of rotatable bonds is 5. The average Bonchev–Trinajstić information content (AvgIpc) is 2.79. The number of nitro groups is 1. The summed E-state index contributed by atoms with van der Waals surface area (Å²) in [6, 6.07) is 4.56. The molecule has 11 heteroatoms. The second kappa shape index (κ2) is 9.00. The van der Waals surface area contributed by atoms with Crippen molar-refractivity contribution in [3.8, 4) is 0 Å². The number of nitrogens with zero attached hydrogens (tertiary/aromatic N) is 3. The summed E-state index contributed by atoms with van der Waals surface area (Å²) in [6.07, 6.45) is 3.77. The van der Waals surface area contributed by atoms with Crippen LogP contribution in [0, 0.1) is 17.0 Å². The summed E-state index contributed by atoms with van der Waals surface area (Å²) in [5.74, 6) is -1.62. The van der Waals surface area contributed by atoms with Gasteiger partial charge in [-0.05, 0) is 38.7 Å². The fraction of sp³-hybridized carbons (Fsp3) is 0.455. The van der Waals surface area contributed by atoms with Crippen LogP contribution in [0.1, 0.15) is 56.1 Å². The zero-order valence-corrected chi connectivity index (χ0v) is 18.5. The Morgan fingerprint density at radius 3 is 2.85 bits per heavy atom. The van der Waals surface area contributed by atoms with E-state index >= 15 is 0 Å². The molecule has 0 unspecified atom stereocenters. The fourth-order valence-corrected chi connectivity index (χ4v) is 4.54. The molecule has 4 rings (SSSR count). The van der Waals surface area contributed by atoms with E-state index in [1.165, 1.54) is 18.2 Å². The van der Waals surface area contributed by atoms with Crippen molar-refractivity contribution >= 4 is 35.0 Å². The lowest BCUT2D eigenvalue weighted by atomic mass is 9.92. The standard InChI is InChI=1S/C22H26N6O5/c1-3-14-6-4-5-9-27(14)22-25-19-18(21(31)26-22)15(11-17(29)24-19)20(30)23-13-8-7-12(2)16(10-13)28(32)33/h7-8,10,14-15H,3-6,9,11H2,1-2H3,(H,23,30)(H2,24,25,26,29,31)/t14-,15-/m0/s1. The van der Waals surface area contributed by atoms with Crippen LogP contribution in [0.5, 0.6) is 0 Å². The zero-order chi connectivity index (χ0) is 23.7. The monoisotopic (exact) mass is 454 g/mol. The minimum atomic E-state index is -1.07. The number of nitro benzene ring substituents is 1. The summed E-state index contributed by atoms with van der Waals surface area (Å²) in [5, 5.41) is 16.4. The van der Waals surface area contributed by atoms with E-state index in [0.29, 0.717) is 11.5 Å². The van der Waals surface area contributed by atoms with Gasteiger partial charge in [0, 0.05) is 36.3 Å². The summed E-state index contributed by atoms with van der Waals surface area (Å²) in [5.41, 5.74) is 0.139. The number of anilines is 3. The first-order valence-electron chi connectivity index (χ1n) is 11.0. The van der Waals surface area contributed by atoms with E-state index in [2.05, 4.69) is 27.5 Å². The highest BCUT2D eigenvalue weighted by Crippen LogP contribution is 2.32. The third-order valence-electron chi connectivity index (χ3n) is 6.30. The Morgan fingerprint density at radius 2 is 2.12 bits per heavy atom. The van der Waals surface area contributed by atoms with Crippen LogP contribution in [0.4, 0.5) is 23.1 Å². The summed E-state index contributed by atoms with van der Waals surface area (Å²) in [7, 11) is 0. The number of nitrogens with one attached hydrogen (secondary N) is 3. The van der Waals surface area contributed by atoms with Crippen LogP contribution in [-0.4, -0.2) is 39.3 Å².